The summed E-state index contributed by atoms with van der Waals surface area (Å²) in [5.74, 6) is 0. The molecule has 13 heavy (non-hydrogen) atoms. The van der Waals surface area contributed by atoms with Crippen molar-refractivity contribution >= 4 is 0 Å². The lowest BCUT2D eigenvalue weighted by atomic mass is 9.98. The zero-order valence-corrected chi connectivity index (χ0v) is 8.46. The average Bonchev–Trinajstić information content (AvgIpc) is 2.52. The summed E-state index contributed by atoms with van der Waals surface area (Å²) < 4.78 is 0. The van der Waals surface area contributed by atoms with Gasteiger partial charge in [-0.3, -0.25) is 0 Å². The fraction of sp³-hybridized carbons (Fsp3) is 0.600. The molecule has 1 rings (SSSR count). The van der Waals surface area contributed by atoms with E-state index in [1.165, 1.54) is 5.56 Å². The van der Waals surface area contributed by atoms with Crippen LogP contribution in [-0.2, 0) is 6.54 Å². The Kier molecular flexibility index (Phi) is 3.12. The first kappa shape index (κ1) is 10.3. The molecule has 1 unspecified atom stereocenters. The number of H-pyrrole nitrogens is 1. The van der Waals surface area contributed by atoms with Gasteiger partial charge in [0.15, 0.2) is 0 Å². The molecule has 0 aliphatic heterocycles. The van der Waals surface area contributed by atoms with E-state index in [0.717, 1.165) is 6.54 Å². The third kappa shape index (κ3) is 2.86. The second kappa shape index (κ2) is 3.94. The highest BCUT2D eigenvalue weighted by molar-refractivity contribution is 5.08. The molecule has 0 fully saturated rings. The maximum Gasteiger partial charge on any atom is 0.0688 e. The lowest BCUT2D eigenvalue weighted by molar-refractivity contribution is 0.0956. The van der Waals surface area contributed by atoms with E-state index < -0.39 is 0 Å². The molecule has 1 aromatic rings. The fourth-order valence-electron chi connectivity index (χ4n) is 0.946. The molecule has 0 aromatic carbocycles. The lowest BCUT2D eigenvalue weighted by Crippen LogP contribution is -2.47. The minimum absolute atomic E-state index is 0.239. The first-order valence-electron chi connectivity index (χ1n) is 4.57. The van der Waals surface area contributed by atoms with Crippen molar-refractivity contribution in [1.29, 1.82) is 0 Å². The van der Waals surface area contributed by atoms with Gasteiger partial charge in [-0.1, -0.05) is 0 Å². The van der Waals surface area contributed by atoms with E-state index in [9.17, 15) is 5.11 Å². The summed E-state index contributed by atoms with van der Waals surface area (Å²) >= 11 is 0. The number of rotatable bonds is 4. The van der Waals surface area contributed by atoms with Crippen molar-refractivity contribution in [3.05, 3.63) is 24.0 Å². The lowest BCUT2D eigenvalue weighted by Gasteiger charge is -2.29. The predicted octanol–water partition coefficient (Wildman–Crippen LogP) is 1.26. The maximum absolute atomic E-state index is 9.44. The average molecular weight is 182 g/mol. The van der Waals surface area contributed by atoms with Crippen LogP contribution in [0.4, 0.5) is 0 Å². The molecule has 0 aliphatic carbocycles. The van der Waals surface area contributed by atoms with Crippen LogP contribution in [0.1, 0.15) is 26.3 Å². The summed E-state index contributed by atoms with van der Waals surface area (Å²) in [6.45, 7) is 6.56. The van der Waals surface area contributed by atoms with E-state index in [4.69, 9.17) is 0 Å². The van der Waals surface area contributed by atoms with E-state index in [-0.39, 0.29) is 11.6 Å². The number of hydrogen-bond acceptors (Lipinski definition) is 2. The van der Waals surface area contributed by atoms with Gasteiger partial charge in [0, 0.05) is 24.5 Å². The topological polar surface area (TPSA) is 48.0 Å². The van der Waals surface area contributed by atoms with Crippen molar-refractivity contribution in [3.8, 4) is 0 Å². The van der Waals surface area contributed by atoms with Gasteiger partial charge in [0.2, 0.25) is 0 Å². The van der Waals surface area contributed by atoms with Crippen LogP contribution in [0, 0.1) is 0 Å². The first-order chi connectivity index (χ1) is 6.02. The SMILES string of the molecule is CC(O)C(C)(C)NCc1cc[nH]c1. The first-order valence-corrected chi connectivity index (χ1v) is 4.57. The molecule has 3 N–H and O–H groups in total. The van der Waals surface area contributed by atoms with Crippen molar-refractivity contribution in [1.82, 2.24) is 10.3 Å². The summed E-state index contributed by atoms with van der Waals surface area (Å²) in [4.78, 5) is 2.99. The maximum atomic E-state index is 9.44. The van der Waals surface area contributed by atoms with Gasteiger partial charge in [-0.05, 0) is 32.4 Å². The predicted molar refractivity (Wildman–Crippen MR) is 53.4 cm³/mol. The summed E-state index contributed by atoms with van der Waals surface area (Å²) in [5.41, 5.74) is 0.964. The van der Waals surface area contributed by atoms with E-state index >= 15 is 0 Å². The van der Waals surface area contributed by atoms with Crippen molar-refractivity contribution in [2.45, 2.75) is 39.0 Å². The molecule has 0 saturated carbocycles. The van der Waals surface area contributed by atoms with E-state index in [2.05, 4.69) is 10.3 Å². The molecule has 1 atom stereocenters. The minimum atomic E-state index is -0.355. The number of aromatic amines is 1. The summed E-state index contributed by atoms with van der Waals surface area (Å²) in [5, 5.41) is 12.7. The van der Waals surface area contributed by atoms with Crippen LogP contribution in [0.25, 0.3) is 0 Å². The fourth-order valence-corrected chi connectivity index (χ4v) is 0.946. The van der Waals surface area contributed by atoms with Gasteiger partial charge in [0.25, 0.3) is 0 Å². The van der Waals surface area contributed by atoms with Gasteiger partial charge in [-0.15, -0.1) is 0 Å². The Hall–Kier alpha value is -0.800. The standard InChI is InChI=1S/C10H18N2O/c1-8(13)10(2,3)12-7-9-4-5-11-6-9/h4-6,8,11-13H,7H2,1-3H3. The van der Waals surface area contributed by atoms with Gasteiger partial charge in [-0.25, -0.2) is 0 Å². The molecule has 0 radical (unpaired) electrons. The smallest absolute Gasteiger partial charge is 0.0688 e. The van der Waals surface area contributed by atoms with E-state index in [1.54, 1.807) is 6.92 Å². The molecule has 1 heterocycles. The Morgan fingerprint density at radius 1 is 1.62 bits per heavy atom. The van der Waals surface area contributed by atoms with Gasteiger partial charge >= 0.3 is 0 Å². The van der Waals surface area contributed by atoms with Crippen molar-refractivity contribution in [3.63, 3.8) is 0 Å². The highest BCUT2D eigenvalue weighted by Crippen LogP contribution is 2.09. The zero-order valence-electron chi connectivity index (χ0n) is 8.46. The monoisotopic (exact) mass is 182 g/mol. The molecule has 0 bridgehead atoms. The Bertz CT molecular complexity index is 239. The van der Waals surface area contributed by atoms with Crippen LogP contribution in [-0.4, -0.2) is 21.7 Å². The highest BCUT2D eigenvalue weighted by Gasteiger charge is 2.22. The number of aromatic nitrogens is 1. The van der Waals surface area contributed by atoms with Crippen LogP contribution in [0.3, 0.4) is 0 Å². The Morgan fingerprint density at radius 3 is 2.77 bits per heavy atom. The molecule has 1 aromatic heterocycles. The van der Waals surface area contributed by atoms with Crippen molar-refractivity contribution < 1.29 is 5.11 Å². The number of hydrogen-bond donors (Lipinski definition) is 3. The molecular weight excluding hydrogens is 164 g/mol. The molecule has 0 spiro atoms. The number of aliphatic hydroxyl groups excluding tert-OH is 1. The Balaban J connectivity index is 2.42. The molecular formula is C10H18N2O. The van der Waals surface area contributed by atoms with E-state index in [0.29, 0.717) is 0 Å². The van der Waals surface area contributed by atoms with Crippen molar-refractivity contribution in [2.24, 2.45) is 0 Å². The molecule has 3 heteroatoms. The van der Waals surface area contributed by atoms with Crippen LogP contribution < -0.4 is 5.32 Å². The Morgan fingerprint density at radius 2 is 2.31 bits per heavy atom. The molecule has 0 aliphatic rings. The minimum Gasteiger partial charge on any atom is -0.392 e. The van der Waals surface area contributed by atoms with Gasteiger partial charge in [-0.2, -0.15) is 0 Å². The molecule has 3 nitrogen and oxygen atoms in total. The van der Waals surface area contributed by atoms with Crippen LogP contribution in [0.5, 0.6) is 0 Å². The van der Waals surface area contributed by atoms with Crippen LogP contribution >= 0.6 is 0 Å². The largest absolute Gasteiger partial charge is 0.392 e. The van der Waals surface area contributed by atoms with Crippen LogP contribution in [0.15, 0.2) is 18.5 Å². The van der Waals surface area contributed by atoms with Gasteiger partial charge in [0.1, 0.15) is 0 Å². The third-order valence-corrected chi connectivity index (χ3v) is 2.45. The summed E-state index contributed by atoms with van der Waals surface area (Å²) in [7, 11) is 0. The summed E-state index contributed by atoms with van der Waals surface area (Å²) in [6.07, 6.45) is 3.49. The quantitative estimate of drug-likeness (QED) is 0.656. The number of aliphatic hydroxyl groups is 1. The molecule has 74 valence electrons. The number of nitrogens with one attached hydrogen (secondary N) is 2. The zero-order chi connectivity index (χ0) is 9.90. The third-order valence-electron chi connectivity index (χ3n) is 2.45. The highest BCUT2D eigenvalue weighted by atomic mass is 16.3. The second-order valence-corrected chi connectivity index (χ2v) is 3.97. The molecule has 0 amide bonds. The van der Waals surface area contributed by atoms with Crippen molar-refractivity contribution in [2.75, 3.05) is 0 Å². The second-order valence-electron chi connectivity index (χ2n) is 3.97. The summed E-state index contributed by atoms with van der Waals surface area (Å²) in [6, 6.07) is 2.02. The Labute approximate surface area is 79.2 Å². The normalized spacial score (nSPS) is 14.5. The van der Waals surface area contributed by atoms with Crippen LogP contribution in [0.2, 0.25) is 0 Å². The van der Waals surface area contributed by atoms with Gasteiger partial charge in [0.05, 0.1) is 6.10 Å². The van der Waals surface area contributed by atoms with Gasteiger partial charge < -0.3 is 15.4 Å². The van der Waals surface area contributed by atoms with E-state index in [1.807, 2.05) is 32.3 Å². The molecule has 0 saturated heterocycles.